The molecule has 20 heavy (non-hydrogen) atoms. The Kier molecular flexibility index (Phi) is 7.91. The van der Waals surface area contributed by atoms with Crippen molar-refractivity contribution in [1.29, 1.82) is 0 Å². The van der Waals surface area contributed by atoms with Crippen molar-refractivity contribution in [3.63, 3.8) is 0 Å². The van der Waals surface area contributed by atoms with Crippen LogP contribution in [0.15, 0.2) is 30.3 Å². The maximum Gasteiger partial charge on any atom is 0.0136 e. The van der Waals surface area contributed by atoms with Gasteiger partial charge in [0.25, 0.3) is 0 Å². The highest BCUT2D eigenvalue weighted by molar-refractivity contribution is 5.27. The first-order chi connectivity index (χ1) is 9.71. The van der Waals surface area contributed by atoms with Crippen molar-refractivity contribution in [2.75, 3.05) is 0 Å². The molecule has 114 valence electrons. The number of nitrogens with two attached hydrogens (primary N) is 1. The van der Waals surface area contributed by atoms with Crippen LogP contribution in [0.1, 0.15) is 77.7 Å². The molecule has 0 aliphatic heterocycles. The summed E-state index contributed by atoms with van der Waals surface area (Å²) >= 11 is 0. The summed E-state index contributed by atoms with van der Waals surface area (Å²) in [6, 6.07) is 11.2. The Morgan fingerprint density at radius 1 is 0.900 bits per heavy atom. The van der Waals surface area contributed by atoms with Gasteiger partial charge in [0.05, 0.1) is 0 Å². The molecule has 1 aromatic rings. The van der Waals surface area contributed by atoms with Gasteiger partial charge in [-0.25, -0.2) is 0 Å². The molecule has 0 heterocycles. The van der Waals surface area contributed by atoms with E-state index in [1.807, 2.05) is 0 Å². The number of benzene rings is 1. The van der Waals surface area contributed by atoms with Gasteiger partial charge in [-0.05, 0) is 24.8 Å². The Balaban J connectivity index is 2.65. The van der Waals surface area contributed by atoms with Crippen LogP contribution < -0.4 is 5.73 Å². The average Bonchev–Trinajstić information content (AvgIpc) is 2.50. The van der Waals surface area contributed by atoms with Crippen LogP contribution in [-0.4, -0.2) is 6.04 Å². The van der Waals surface area contributed by atoms with Crippen molar-refractivity contribution >= 4 is 0 Å². The Morgan fingerprint density at radius 3 is 2.05 bits per heavy atom. The third-order valence-electron chi connectivity index (χ3n) is 4.94. The van der Waals surface area contributed by atoms with Gasteiger partial charge in [-0.3, -0.25) is 0 Å². The standard InChI is InChI=1S/C19H33N/c1-4-7-8-9-13-16-18(20)19(5-2,6-3)17-14-11-10-12-15-17/h10-12,14-15,18H,4-9,13,16,20H2,1-3H3. The van der Waals surface area contributed by atoms with Gasteiger partial charge in [-0.1, -0.05) is 83.2 Å². The summed E-state index contributed by atoms with van der Waals surface area (Å²) in [5, 5.41) is 0. The summed E-state index contributed by atoms with van der Waals surface area (Å²) in [5.41, 5.74) is 8.20. The van der Waals surface area contributed by atoms with Crippen LogP contribution in [-0.2, 0) is 5.41 Å². The molecule has 0 saturated carbocycles. The van der Waals surface area contributed by atoms with Gasteiger partial charge in [0, 0.05) is 11.5 Å². The van der Waals surface area contributed by atoms with Crippen LogP contribution in [0.25, 0.3) is 0 Å². The molecule has 0 amide bonds. The zero-order chi connectivity index (χ0) is 14.8. The van der Waals surface area contributed by atoms with Gasteiger partial charge in [0.15, 0.2) is 0 Å². The Hall–Kier alpha value is -0.820. The number of hydrogen-bond donors (Lipinski definition) is 1. The van der Waals surface area contributed by atoms with Crippen molar-refractivity contribution in [3.8, 4) is 0 Å². The van der Waals surface area contributed by atoms with Crippen molar-refractivity contribution in [1.82, 2.24) is 0 Å². The lowest BCUT2D eigenvalue weighted by Crippen LogP contribution is -2.44. The van der Waals surface area contributed by atoms with E-state index in [4.69, 9.17) is 5.73 Å². The van der Waals surface area contributed by atoms with Crippen molar-refractivity contribution < 1.29 is 0 Å². The van der Waals surface area contributed by atoms with Crippen molar-refractivity contribution in [3.05, 3.63) is 35.9 Å². The molecule has 1 unspecified atom stereocenters. The van der Waals surface area contributed by atoms with E-state index in [0.717, 1.165) is 19.3 Å². The molecule has 1 aromatic carbocycles. The summed E-state index contributed by atoms with van der Waals surface area (Å²) in [7, 11) is 0. The molecule has 1 rings (SSSR count). The molecule has 0 aliphatic rings. The topological polar surface area (TPSA) is 26.0 Å². The zero-order valence-electron chi connectivity index (χ0n) is 13.7. The van der Waals surface area contributed by atoms with Gasteiger partial charge in [-0.2, -0.15) is 0 Å². The van der Waals surface area contributed by atoms with Gasteiger partial charge < -0.3 is 5.73 Å². The molecule has 0 bridgehead atoms. The van der Waals surface area contributed by atoms with Gasteiger partial charge in [0.1, 0.15) is 0 Å². The molecule has 0 radical (unpaired) electrons. The third-order valence-corrected chi connectivity index (χ3v) is 4.94. The molecule has 0 aromatic heterocycles. The molecular weight excluding hydrogens is 242 g/mol. The minimum Gasteiger partial charge on any atom is -0.327 e. The average molecular weight is 275 g/mol. The first-order valence-electron chi connectivity index (χ1n) is 8.52. The third kappa shape index (κ3) is 4.34. The Labute approximate surface area is 126 Å². The SMILES string of the molecule is CCCCCCCC(N)C(CC)(CC)c1ccccc1. The number of hydrogen-bond acceptors (Lipinski definition) is 1. The van der Waals surface area contributed by atoms with E-state index in [1.54, 1.807) is 0 Å². The van der Waals surface area contributed by atoms with E-state index in [-0.39, 0.29) is 11.5 Å². The molecule has 1 heteroatoms. The largest absolute Gasteiger partial charge is 0.327 e. The van der Waals surface area contributed by atoms with Crippen LogP contribution in [0.5, 0.6) is 0 Å². The molecule has 1 atom stereocenters. The highest BCUT2D eigenvalue weighted by atomic mass is 14.7. The van der Waals surface area contributed by atoms with Crippen LogP contribution >= 0.6 is 0 Å². The van der Waals surface area contributed by atoms with E-state index < -0.39 is 0 Å². The number of rotatable bonds is 10. The van der Waals surface area contributed by atoms with E-state index in [9.17, 15) is 0 Å². The van der Waals surface area contributed by atoms with Crippen molar-refractivity contribution in [2.45, 2.75) is 83.6 Å². The molecule has 0 aliphatic carbocycles. The van der Waals surface area contributed by atoms with Crippen LogP contribution in [0.2, 0.25) is 0 Å². The van der Waals surface area contributed by atoms with E-state index in [0.29, 0.717) is 0 Å². The zero-order valence-corrected chi connectivity index (χ0v) is 13.7. The fourth-order valence-corrected chi connectivity index (χ4v) is 3.41. The maximum absolute atomic E-state index is 6.62. The minimum absolute atomic E-state index is 0.159. The highest BCUT2D eigenvalue weighted by Gasteiger charge is 2.34. The second-order valence-corrected chi connectivity index (χ2v) is 6.04. The summed E-state index contributed by atoms with van der Waals surface area (Å²) in [4.78, 5) is 0. The molecule has 1 nitrogen and oxygen atoms in total. The normalized spacial score (nSPS) is 13.4. The predicted octanol–water partition coefficient (Wildman–Crippen LogP) is 5.43. The second-order valence-electron chi connectivity index (χ2n) is 6.04. The molecule has 0 saturated heterocycles. The monoisotopic (exact) mass is 275 g/mol. The molecule has 2 N–H and O–H groups in total. The quantitative estimate of drug-likeness (QED) is 0.566. The predicted molar refractivity (Wildman–Crippen MR) is 90.1 cm³/mol. The van der Waals surface area contributed by atoms with Crippen LogP contribution in [0, 0.1) is 0 Å². The first-order valence-corrected chi connectivity index (χ1v) is 8.52. The maximum atomic E-state index is 6.62. The van der Waals surface area contributed by atoms with Gasteiger partial charge in [0.2, 0.25) is 0 Å². The second kappa shape index (κ2) is 9.18. The van der Waals surface area contributed by atoms with Gasteiger partial charge in [-0.15, -0.1) is 0 Å². The summed E-state index contributed by atoms with van der Waals surface area (Å²) in [6.45, 7) is 6.83. The van der Waals surface area contributed by atoms with E-state index >= 15 is 0 Å². The fourth-order valence-electron chi connectivity index (χ4n) is 3.41. The highest BCUT2D eigenvalue weighted by Crippen LogP contribution is 2.36. The number of unbranched alkanes of at least 4 members (excludes halogenated alkanes) is 4. The molecule has 0 fully saturated rings. The van der Waals surface area contributed by atoms with Crippen LogP contribution in [0.4, 0.5) is 0 Å². The Morgan fingerprint density at radius 2 is 1.50 bits per heavy atom. The van der Waals surface area contributed by atoms with E-state index in [2.05, 4.69) is 51.1 Å². The molecule has 0 spiro atoms. The van der Waals surface area contributed by atoms with Gasteiger partial charge >= 0.3 is 0 Å². The minimum atomic E-state index is 0.159. The van der Waals surface area contributed by atoms with Crippen molar-refractivity contribution in [2.24, 2.45) is 5.73 Å². The Bertz CT molecular complexity index is 340. The summed E-state index contributed by atoms with van der Waals surface area (Å²) in [6.07, 6.45) is 10.0. The summed E-state index contributed by atoms with van der Waals surface area (Å²) < 4.78 is 0. The smallest absolute Gasteiger partial charge is 0.0136 e. The first kappa shape index (κ1) is 17.2. The lowest BCUT2D eigenvalue weighted by atomic mass is 9.69. The fraction of sp³-hybridized carbons (Fsp3) is 0.684. The lowest BCUT2D eigenvalue weighted by Gasteiger charge is -2.38. The summed E-state index contributed by atoms with van der Waals surface area (Å²) in [5.74, 6) is 0. The van der Waals surface area contributed by atoms with E-state index in [1.165, 1.54) is 37.7 Å². The molecular formula is C19H33N. The van der Waals surface area contributed by atoms with Crippen LogP contribution in [0.3, 0.4) is 0 Å². The lowest BCUT2D eigenvalue weighted by molar-refractivity contribution is 0.297.